The first kappa shape index (κ1) is 22.4. The predicted octanol–water partition coefficient (Wildman–Crippen LogP) is 3.26. The minimum absolute atomic E-state index is 0.0598. The number of thiocarbonyl (C=S) groups is 1. The molecule has 0 aromatic heterocycles. The molecule has 0 radical (unpaired) electrons. The van der Waals surface area contributed by atoms with Crippen molar-refractivity contribution < 1.29 is 14.3 Å². The summed E-state index contributed by atoms with van der Waals surface area (Å²) in [6.45, 7) is 4.79. The molecule has 0 bridgehead atoms. The molecule has 2 aromatic rings. The molecule has 7 heteroatoms. The van der Waals surface area contributed by atoms with Crippen LogP contribution in [0, 0.1) is 0 Å². The first-order chi connectivity index (χ1) is 13.9. The Labute approximate surface area is 177 Å². The molecule has 2 aromatic carbocycles. The predicted molar refractivity (Wildman–Crippen MR) is 118 cm³/mol. The lowest BCUT2D eigenvalue weighted by Crippen LogP contribution is -2.43. The number of amides is 2. The highest BCUT2D eigenvalue weighted by Crippen LogP contribution is 2.16. The topological polar surface area (TPSA) is 84.7 Å². The molecule has 6 nitrogen and oxygen atoms in total. The fourth-order valence-electron chi connectivity index (χ4n) is 2.58. The van der Waals surface area contributed by atoms with Crippen molar-refractivity contribution in [1.29, 1.82) is 0 Å². The van der Waals surface area contributed by atoms with E-state index in [1.165, 1.54) is 0 Å². The molecule has 0 spiro atoms. The average Bonchev–Trinajstić information content (AvgIpc) is 2.71. The van der Waals surface area contributed by atoms with Gasteiger partial charge in [0, 0.05) is 25.1 Å². The largest absolute Gasteiger partial charge is 0.491 e. The highest BCUT2D eigenvalue weighted by molar-refractivity contribution is 7.80. The molecule has 1 unspecified atom stereocenters. The van der Waals surface area contributed by atoms with Gasteiger partial charge >= 0.3 is 0 Å². The number of nitrogens with two attached hydrogens (primary N) is 1. The Kier molecular flexibility index (Phi) is 8.61. The summed E-state index contributed by atoms with van der Waals surface area (Å²) in [6, 6.07) is 16.7. The first-order valence-corrected chi connectivity index (χ1v) is 9.99. The van der Waals surface area contributed by atoms with Crippen LogP contribution in [0.4, 0.5) is 0 Å². The Morgan fingerprint density at radius 1 is 1.17 bits per heavy atom. The third-order valence-electron chi connectivity index (χ3n) is 4.36. The van der Waals surface area contributed by atoms with Crippen molar-refractivity contribution in [2.24, 2.45) is 5.73 Å². The molecule has 0 aliphatic rings. The van der Waals surface area contributed by atoms with Gasteiger partial charge in [0.25, 0.3) is 5.91 Å². The number of hydrogen-bond acceptors (Lipinski definition) is 4. The SMILES string of the molecule is CCC(C)Oc1cccc(C(=O)NC(=S)N(CCC(N)=O)Cc2ccccc2)c1. The lowest BCUT2D eigenvalue weighted by atomic mass is 10.2. The van der Waals surface area contributed by atoms with Crippen LogP contribution in [0.15, 0.2) is 54.6 Å². The number of carbonyl (C=O) groups excluding carboxylic acids is 2. The van der Waals surface area contributed by atoms with Crippen molar-refractivity contribution in [2.75, 3.05) is 6.54 Å². The van der Waals surface area contributed by atoms with Crippen molar-refractivity contribution in [1.82, 2.24) is 10.2 Å². The fraction of sp³-hybridized carbons (Fsp3) is 0.318. The average molecular weight is 414 g/mol. The van der Waals surface area contributed by atoms with Crippen molar-refractivity contribution in [2.45, 2.75) is 39.3 Å². The molecule has 154 valence electrons. The molecule has 0 aliphatic heterocycles. The maximum Gasteiger partial charge on any atom is 0.257 e. The van der Waals surface area contributed by atoms with E-state index in [9.17, 15) is 9.59 Å². The zero-order valence-electron chi connectivity index (χ0n) is 16.8. The number of nitrogens with one attached hydrogen (secondary N) is 1. The van der Waals surface area contributed by atoms with Crippen LogP contribution < -0.4 is 15.8 Å². The normalized spacial score (nSPS) is 11.4. The van der Waals surface area contributed by atoms with Crippen molar-refractivity contribution in [3.63, 3.8) is 0 Å². The molecule has 0 fully saturated rings. The van der Waals surface area contributed by atoms with Crippen molar-refractivity contribution >= 4 is 29.1 Å². The van der Waals surface area contributed by atoms with Gasteiger partial charge in [0.1, 0.15) is 5.75 Å². The zero-order chi connectivity index (χ0) is 21.2. The molecule has 1 atom stereocenters. The van der Waals surface area contributed by atoms with Crippen LogP contribution in [0.5, 0.6) is 5.75 Å². The van der Waals surface area contributed by atoms with Gasteiger partial charge in [0.05, 0.1) is 6.10 Å². The van der Waals surface area contributed by atoms with Gasteiger partial charge in [-0.2, -0.15) is 0 Å². The van der Waals surface area contributed by atoms with Gasteiger partial charge in [-0.25, -0.2) is 0 Å². The summed E-state index contributed by atoms with van der Waals surface area (Å²) in [6.07, 6.45) is 1.07. The van der Waals surface area contributed by atoms with Gasteiger partial charge < -0.3 is 15.4 Å². The van der Waals surface area contributed by atoms with Gasteiger partial charge in [-0.05, 0) is 49.3 Å². The second-order valence-corrected chi connectivity index (χ2v) is 7.13. The Balaban J connectivity index is 2.07. The third-order valence-corrected chi connectivity index (χ3v) is 4.72. The Morgan fingerprint density at radius 2 is 1.90 bits per heavy atom. The molecule has 0 saturated heterocycles. The highest BCUT2D eigenvalue weighted by Gasteiger charge is 2.16. The van der Waals surface area contributed by atoms with E-state index in [0.29, 0.717) is 24.4 Å². The highest BCUT2D eigenvalue weighted by atomic mass is 32.1. The van der Waals surface area contributed by atoms with Crippen LogP contribution in [0.3, 0.4) is 0 Å². The summed E-state index contributed by atoms with van der Waals surface area (Å²) in [4.78, 5) is 25.7. The maximum absolute atomic E-state index is 12.7. The zero-order valence-corrected chi connectivity index (χ0v) is 17.6. The van der Waals surface area contributed by atoms with E-state index in [4.69, 9.17) is 22.7 Å². The molecule has 0 heterocycles. The number of nitrogens with zero attached hydrogens (tertiary/aromatic N) is 1. The van der Waals surface area contributed by atoms with Gasteiger partial charge in [0.2, 0.25) is 5.91 Å². The summed E-state index contributed by atoms with van der Waals surface area (Å²) < 4.78 is 5.78. The lowest BCUT2D eigenvalue weighted by Gasteiger charge is -2.25. The fourth-order valence-corrected chi connectivity index (χ4v) is 2.82. The minimum Gasteiger partial charge on any atom is -0.491 e. The van der Waals surface area contributed by atoms with Gasteiger partial charge in [-0.1, -0.05) is 43.3 Å². The molecule has 2 rings (SSSR count). The molecule has 0 aliphatic carbocycles. The number of primary amides is 1. The van der Waals surface area contributed by atoms with Crippen LogP contribution in [0.25, 0.3) is 0 Å². The van der Waals surface area contributed by atoms with Gasteiger partial charge in [0.15, 0.2) is 5.11 Å². The number of benzene rings is 2. The number of ether oxygens (including phenoxy) is 1. The van der Waals surface area contributed by atoms with E-state index in [0.717, 1.165) is 12.0 Å². The molecular formula is C22H27N3O3S. The summed E-state index contributed by atoms with van der Waals surface area (Å²) in [5.41, 5.74) is 6.74. The number of hydrogen-bond donors (Lipinski definition) is 2. The van der Waals surface area contributed by atoms with Crippen LogP contribution in [0.2, 0.25) is 0 Å². The summed E-state index contributed by atoms with van der Waals surface area (Å²) in [7, 11) is 0. The van der Waals surface area contributed by atoms with E-state index in [2.05, 4.69) is 5.32 Å². The van der Waals surface area contributed by atoms with Crippen LogP contribution in [-0.4, -0.2) is 34.5 Å². The molecule has 0 saturated carbocycles. The van der Waals surface area contributed by atoms with E-state index in [-0.39, 0.29) is 23.5 Å². The number of rotatable bonds is 9. The minimum atomic E-state index is -0.424. The monoisotopic (exact) mass is 413 g/mol. The maximum atomic E-state index is 12.7. The molecular weight excluding hydrogens is 386 g/mol. The summed E-state index contributed by atoms with van der Waals surface area (Å²) >= 11 is 5.44. The second-order valence-electron chi connectivity index (χ2n) is 6.75. The van der Waals surface area contributed by atoms with E-state index in [1.54, 1.807) is 23.1 Å². The van der Waals surface area contributed by atoms with Gasteiger partial charge in [-0.15, -0.1) is 0 Å². The lowest BCUT2D eigenvalue weighted by molar-refractivity contribution is -0.118. The van der Waals surface area contributed by atoms with Crippen LogP contribution in [-0.2, 0) is 11.3 Å². The molecule has 3 N–H and O–H groups in total. The van der Waals surface area contributed by atoms with Crippen molar-refractivity contribution in [3.8, 4) is 5.75 Å². The molecule has 29 heavy (non-hydrogen) atoms. The van der Waals surface area contributed by atoms with Crippen LogP contribution in [0.1, 0.15) is 42.6 Å². The second kappa shape index (κ2) is 11.2. The third kappa shape index (κ3) is 7.54. The van der Waals surface area contributed by atoms with E-state index >= 15 is 0 Å². The van der Waals surface area contributed by atoms with E-state index in [1.807, 2.05) is 50.2 Å². The Morgan fingerprint density at radius 3 is 2.55 bits per heavy atom. The summed E-state index contributed by atoms with van der Waals surface area (Å²) in [5.74, 6) is -0.124. The number of carbonyl (C=O) groups is 2. The van der Waals surface area contributed by atoms with E-state index < -0.39 is 5.91 Å². The Hall–Kier alpha value is -2.93. The standard InChI is InChI=1S/C22H27N3O3S/c1-3-16(2)28-19-11-7-10-18(14-19)21(27)24-22(29)25(13-12-20(23)26)15-17-8-5-4-6-9-17/h4-11,14,16H,3,12-13,15H2,1-2H3,(H2,23,26)(H,24,27,29). The quantitative estimate of drug-likeness (QED) is 0.617. The van der Waals surface area contributed by atoms with Gasteiger partial charge in [-0.3, -0.25) is 14.9 Å². The van der Waals surface area contributed by atoms with Crippen molar-refractivity contribution in [3.05, 3.63) is 65.7 Å². The first-order valence-electron chi connectivity index (χ1n) is 9.58. The smallest absolute Gasteiger partial charge is 0.257 e. The Bertz CT molecular complexity index is 842. The van der Waals surface area contributed by atoms with Crippen LogP contribution >= 0.6 is 12.2 Å². The molecule has 2 amide bonds. The summed E-state index contributed by atoms with van der Waals surface area (Å²) in [5, 5.41) is 2.99.